The number of nitrogens with zero attached hydrogens (tertiary/aromatic N) is 4. The fraction of sp³-hybridized carbons (Fsp3) is 0.353. The maximum Gasteiger partial charge on any atom is 0.167 e. The summed E-state index contributed by atoms with van der Waals surface area (Å²) in [6.07, 6.45) is -1.52. The highest BCUT2D eigenvalue weighted by Crippen LogP contribution is 2.32. The molecule has 28 heavy (non-hydrogen) atoms. The predicted octanol–water partition coefficient (Wildman–Crippen LogP) is 0.518. The number of aliphatic hydroxyl groups is 3. The summed E-state index contributed by atoms with van der Waals surface area (Å²) in [5.41, 5.74) is 1.49. The quantitative estimate of drug-likeness (QED) is 0.374. The topological polar surface area (TPSA) is 146 Å². The van der Waals surface area contributed by atoms with Crippen LogP contribution in [-0.4, -0.2) is 64.9 Å². The normalized spacial score (nSPS) is 24.7. The van der Waals surface area contributed by atoms with Crippen LogP contribution in [0.4, 0.5) is 5.82 Å². The molecule has 0 aliphatic carbocycles. The van der Waals surface area contributed by atoms with Crippen LogP contribution in [0.15, 0.2) is 35.3 Å². The van der Waals surface area contributed by atoms with Crippen molar-refractivity contribution in [3.05, 3.63) is 40.9 Å². The van der Waals surface area contributed by atoms with E-state index in [1.54, 1.807) is 12.1 Å². The van der Waals surface area contributed by atoms with Gasteiger partial charge < -0.3 is 30.5 Å². The molecule has 0 radical (unpaired) electrons. The van der Waals surface area contributed by atoms with E-state index in [-0.39, 0.29) is 5.75 Å². The van der Waals surface area contributed by atoms with E-state index in [1.165, 1.54) is 17.2 Å². The average molecular weight is 452 g/mol. The first-order valence-electron chi connectivity index (χ1n) is 8.51. The van der Waals surface area contributed by atoms with Gasteiger partial charge in [-0.1, -0.05) is 22.0 Å². The number of halogens is 1. The van der Waals surface area contributed by atoms with E-state index in [0.29, 0.717) is 29.1 Å². The highest BCUT2D eigenvalue weighted by atomic mass is 79.9. The fourth-order valence-corrected chi connectivity index (χ4v) is 3.67. The van der Waals surface area contributed by atoms with E-state index in [9.17, 15) is 20.4 Å². The summed E-state index contributed by atoms with van der Waals surface area (Å²) in [6, 6.07) is 5.14. The third kappa shape index (κ3) is 3.20. The first-order chi connectivity index (χ1) is 13.5. The van der Waals surface area contributed by atoms with Gasteiger partial charge in [0.15, 0.2) is 23.2 Å². The van der Waals surface area contributed by atoms with Crippen LogP contribution in [0, 0.1) is 0 Å². The minimum Gasteiger partial charge on any atom is -0.508 e. The minimum atomic E-state index is -1.24. The molecule has 1 aliphatic rings. The van der Waals surface area contributed by atoms with Crippen molar-refractivity contribution in [1.82, 2.24) is 19.5 Å². The van der Waals surface area contributed by atoms with Crippen LogP contribution in [-0.2, 0) is 11.3 Å². The van der Waals surface area contributed by atoms with E-state index in [4.69, 9.17) is 4.74 Å². The fourth-order valence-electron chi connectivity index (χ4n) is 3.17. The lowest BCUT2D eigenvalue weighted by Gasteiger charge is -2.16. The van der Waals surface area contributed by atoms with Crippen LogP contribution in [0.5, 0.6) is 5.75 Å². The van der Waals surface area contributed by atoms with Crippen molar-refractivity contribution in [3.63, 3.8) is 0 Å². The van der Waals surface area contributed by atoms with Crippen molar-refractivity contribution in [3.8, 4) is 5.75 Å². The number of aromatic hydroxyl groups is 1. The Balaban J connectivity index is 1.62. The molecule has 148 valence electrons. The van der Waals surface area contributed by atoms with Crippen LogP contribution in [0.3, 0.4) is 0 Å². The Morgan fingerprint density at radius 2 is 2.00 bits per heavy atom. The zero-order chi connectivity index (χ0) is 19.8. The highest BCUT2D eigenvalue weighted by Gasteiger charge is 2.44. The lowest BCUT2D eigenvalue weighted by Crippen LogP contribution is -2.33. The summed E-state index contributed by atoms with van der Waals surface area (Å²) in [6.45, 7) is -0.126. The molecule has 1 saturated heterocycles. The molecule has 0 saturated carbocycles. The van der Waals surface area contributed by atoms with Gasteiger partial charge in [-0.15, -0.1) is 0 Å². The summed E-state index contributed by atoms with van der Waals surface area (Å²) < 4.78 is 7.78. The molecule has 11 heteroatoms. The number of ether oxygens (including phenoxy) is 1. The Hall–Kier alpha value is -2.31. The first-order valence-corrected chi connectivity index (χ1v) is 9.30. The molecule has 0 spiro atoms. The SMILES string of the molecule is OC[C@H]1O[C@@H](n2cnc3c(NCc4c(O)cccc4Br)ncnc32)[C@H](O)[C@@H]1O. The van der Waals surface area contributed by atoms with Crippen molar-refractivity contribution in [2.75, 3.05) is 11.9 Å². The number of benzene rings is 1. The zero-order valence-electron chi connectivity index (χ0n) is 14.5. The number of rotatable bonds is 5. The lowest BCUT2D eigenvalue weighted by molar-refractivity contribution is -0.0511. The molecular formula is C17H18BrN5O5. The summed E-state index contributed by atoms with van der Waals surface area (Å²) >= 11 is 3.40. The van der Waals surface area contributed by atoms with Gasteiger partial charge in [0.2, 0.25) is 0 Å². The molecule has 1 aliphatic heterocycles. The Morgan fingerprint density at radius 1 is 1.18 bits per heavy atom. The van der Waals surface area contributed by atoms with Crippen molar-refractivity contribution < 1.29 is 25.2 Å². The summed E-state index contributed by atoms with van der Waals surface area (Å²) in [4.78, 5) is 12.7. The van der Waals surface area contributed by atoms with Gasteiger partial charge in [0.1, 0.15) is 30.4 Å². The number of aromatic nitrogens is 4. The maximum absolute atomic E-state index is 10.2. The number of hydrogen-bond donors (Lipinski definition) is 5. The number of fused-ring (bicyclic) bond motifs is 1. The molecule has 10 nitrogen and oxygen atoms in total. The van der Waals surface area contributed by atoms with E-state index >= 15 is 0 Å². The number of hydrogen-bond acceptors (Lipinski definition) is 9. The van der Waals surface area contributed by atoms with Crippen LogP contribution in [0.1, 0.15) is 11.8 Å². The summed E-state index contributed by atoms with van der Waals surface area (Å²) in [5, 5.41) is 42.6. The van der Waals surface area contributed by atoms with Crippen LogP contribution < -0.4 is 5.32 Å². The van der Waals surface area contributed by atoms with Crippen molar-refractivity contribution >= 4 is 32.9 Å². The molecule has 1 aromatic carbocycles. The second-order valence-electron chi connectivity index (χ2n) is 6.37. The van der Waals surface area contributed by atoms with Gasteiger partial charge in [-0.2, -0.15) is 0 Å². The average Bonchev–Trinajstić information content (AvgIpc) is 3.23. The molecule has 0 amide bonds. The van der Waals surface area contributed by atoms with Crippen molar-refractivity contribution in [2.24, 2.45) is 0 Å². The van der Waals surface area contributed by atoms with Gasteiger partial charge >= 0.3 is 0 Å². The largest absolute Gasteiger partial charge is 0.508 e. The Kier molecular flexibility index (Phi) is 5.17. The third-order valence-electron chi connectivity index (χ3n) is 4.68. The number of phenols is 1. The molecule has 3 aromatic rings. The molecule has 2 aromatic heterocycles. The minimum absolute atomic E-state index is 0.143. The molecule has 4 rings (SSSR count). The van der Waals surface area contributed by atoms with E-state index in [1.807, 2.05) is 6.07 Å². The van der Waals surface area contributed by atoms with E-state index in [0.717, 1.165) is 4.47 Å². The van der Waals surface area contributed by atoms with Gasteiger partial charge in [0.05, 0.1) is 12.9 Å². The van der Waals surface area contributed by atoms with Gasteiger partial charge in [-0.25, -0.2) is 15.0 Å². The zero-order valence-corrected chi connectivity index (χ0v) is 16.1. The molecule has 4 atom stereocenters. The molecule has 3 heterocycles. The molecule has 0 unspecified atom stereocenters. The van der Waals surface area contributed by atoms with Crippen molar-refractivity contribution in [1.29, 1.82) is 0 Å². The van der Waals surface area contributed by atoms with E-state index in [2.05, 4.69) is 36.2 Å². The Bertz CT molecular complexity index is 979. The number of nitrogens with one attached hydrogen (secondary N) is 1. The second-order valence-corrected chi connectivity index (χ2v) is 7.22. The summed E-state index contributed by atoms with van der Waals surface area (Å²) in [5.74, 6) is 0.579. The molecular weight excluding hydrogens is 434 g/mol. The van der Waals surface area contributed by atoms with Gasteiger partial charge in [0.25, 0.3) is 0 Å². The van der Waals surface area contributed by atoms with Gasteiger partial charge in [0, 0.05) is 16.6 Å². The summed E-state index contributed by atoms with van der Waals surface area (Å²) in [7, 11) is 0. The standard InChI is InChI=1S/C17H18BrN5O5/c18-9-2-1-3-10(25)8(9)4-19-15-12-16(21-6-20-15)23(7-22-12)17-14(27)13(26)11(5-24)28-17/h1-3,6-7,11,13-14,17,24-27H,4-5H2,(H,19,20,21)/t11-,13-,14-,17-/m1/s1. The van der Waals surface area contributed by atoms with Crippen molar-refractivity contribution in [2.45, 2.75) is 31.1 Å². The smallest absolute Gasteiger partial charge is 0.167 e. The number of phenolic OH excluding ortho intramolecular Hbond substituents is 1. The first kappa shape index (κ1) is 19.0. The lowest BCUT2D eigenvalue weighted by atomic mass is 10.1. The van der Waals surface area contributed by atoms with Gasteiger partial charge in [-0.05, 0) is 12.1 Å². The number of imidazole rings is 1. The highest BCUT2D eigenvalue weighted by molar-refractivity contribution is 9.10. The van der Waals surface area contributed by atoms with Crippen LogP contribution in [0.2, 0.25) is 0 Å². The second kappa shape index (κ2) is 7.60. The Labute approximate surface area is 167 Å². The molecule has 0 bridgehead atoms. The van der Waals surface area contributed by atoms with E-state index < -0.39 is 31.1 Å². The maximum atomic E-state index is 10.2. The molecule has 1 fully saturated rings. The predicted molar refractivity (Wildman–Crippen MR) is 101 cm³/mol. The molecule has 5 N–H and O–H groups in total. The number of anilines is 1. The number of aliphatic hydroxyl groups excluding tert-OH is 3. The Morgan fingerprint density at radius 3 is 2.71 bits per heavy atom. The third-order valence-corrected chi connectivity index (χ3v) is 5.42. The van der Waals surface area contributed by atoms with Crippen LogP contribution in [0.25, 0.3) is 11.2 Å². The van der Waals surface area contributed by atoms with Gasteiger partial charge in [-0.3, -0.25) is 4.57 Å². The van der Waals surface area contributed by atoms with Crippen LogP contribution >= 0.6 is 15.9 Å². The monoisotopic (exact) mass is 451 g/mol.